The lowest BCUT2D eigenvalue weighted by Gasteiger charge is -2.40. The van der Waals surface area contributed by atoms with Gasteiger partial charge in [0.25, 0.3) is 0 Å². The zero-order valence-corrected chi connectivity index (χ0v) is 19.8. The van der Waals surface area contributed by atoms with Crippen molar-refractivity contribution in [3.05, 3.63) is 48.5 Å². The van der Waals surface area contributed by atoms with Gasteiger partial charge in [0.2, 0.25) is 11.8 Å². The van der Waals surface area contributed by atoms with Crippen molar-refractivity contribution < 1.29 is 18.7 Å². The number of carbonyl (C=O) groups is 2. The molecular weight excluding hydrogens is 437 g/mol. The zero-order valence-electron chi connectivity index (χ0n) is 19.8. The van der Waals surface area contributed by atoms with Crippen LogP contribution in [0.2, 0.25) is 0 Å². The third kappa shape index (κ3) is 6.56. The van der Waals surface area contributed by atoms with E-state index in [0.717, 1.165) is 32.6 Å². The van der Waals surface area contributed by atoms with Gasteiger partial charge in [-0.3, -0.25) is 14.3 Å². The Morgan fingerprint density at radius 1 is 1.06 bits per heavy atom. The molecule has 2 aliphatic heterocycles. The second-order valence-electron chi connectivity index (χ2n) is 9.26. The smallest absolute Gasteiger partial charge is 0.223 e. The molecule has 0 aliphatic carbocycles. The topological polar surface area (TPSA) is 70.9 Å². The molecule has 0 saturated carbocycles. The van der Waals surface area contributed by atoms with Crippen LogP contribution in [0.4, 0.5) is 4.39 Å². The molecule has 2 aromatic rings. The molecule has 2 fully saturated rings. The molecule has 34 heavy (non-hydrogen) atoms. The predicted octanol–water partition coefficient (Wildman–Crippen LogP) is 2.26. The minimum atomic E-state index is -0.315. The molecule has 0 unspecified atom stereocenters. The average Bonchev–Trinajstić information content (AvgIpc) is 3.35. The summed E-state index contributed by atoms with van der Waals surface area (Å²) in [5.41, 5.74) is 0. The molecule has 2 atom stereocenters. The van der Waals surface area contributed by atoms with E-state index < -0.39 is 0 Å². The molecule has 1 aromatic carbocycles. The Labute approximate surface area is 200 Å². The number of piperazine rings is 1. The number of rotatable bonds is 8. The maximum Gasteiger partial charge on any atom is 0.223 e. The monoisotopic (exact) mass is 471 g/mol. The number of likely N-dealkylation sites (tertiary alicyclic amines) is 1. The van der Waals surface area contributed by atoms with Crippen LogP contribution in [0.5, 0.6) is 5.75 Å². The molecule has 0 radical (unpaired) electrons. The summed E-state index contributed by atoms with van der Waals surface area (Å²) in [6.07, 6.45) is 5.57. The standard InChI is InChI=1S/C25H34FN5O3/c1-28-14-16-29(17-15-28)25(33)18-20-19-30(24(32)4-2-11-31-12-3-10-27-31)13-9-23(20)34-22-7-5-21(26)6-8-22/h3,5-8,10,12,20,23H,2,4,9,11,13-19H2,1H3/t20-,23-/m0/s1. The minimum Gasteiger partial charge on any atom is -0.490 e. The van der Waals surface area contributed by atoms with Gasteiger partial charge >= 0.3 is 0 Å². The summed E-state index contributed by atoms with van der Waals surface area (Å²) in [4.78, 5) is 32.0. The predicted molar refractivity (Wildman–Crippen MR) is 126 cm³/mol. The molecule has 4 rings (SSSR count). The van der Waals surface area contributed by atoms with Crippen LogP contribution in [-0.4, -0.2) is 88.7 Å². The maximum atomic E-state index is 13.3. The lowest BCUT2D eigenvalue weighted by molar-refractivity contribution is -0.140. The van der Waals surface area contributed by atoms with Crippen molar-refractivity contribution in [3.63, 3.8) is 0 Å². The molecule has 0 bridgehead atoms. The van der Waals surface area contributed by atoms with Gasteiger partial charge in [0.15, 0.2) is 0 Å². The quantitative estimate of drug-likeness (QED) is 0.591. The molecule has 9 heteroatoms. The number of ether oxygens (including phenoxy) is 1. The lowest BCUT2D eigenvalue weighted by atomic mass is 9.90. The van der Waals surface area contributed by atoms with Crippen LogP contribution in [-0.2, 0) is 16.1 Å². The summed E-state index contributed by atoms with van der Waals surface area (Å²) in [6, 6.07) is 7.84. The molecular formula is C25H34FN5O3. The first-order chi connectivity index (χ1) is 16.5. The zero-order chi connectivity index (χ0) is 23.9. The second kappa shape index (κ2) is 11.5. The summed E-state index contributed by atoms with van der Waals surface area (Å²) in [7, 11) is 2.06. The number of aryl methyl sites for hydroxylation is 1. The van der Waals surface area contributed by atoms with Gasteiger partial charge in [0, 0.05) is 83.4 Å². The maximum absolute atomic E-state index is 13.3. The van der Waals surface area contributed by atoms with E-state index in [4.69, 9.17) is 4.74 Å². The Hall–Kier alpha value is -2.94. The van der Waals surface area contributed by atoms with E-state index in [1.165, 1.54) is 12.1 Å². The van der Waals surface area contributed by atoms with Gasteiger partial charge in [-0.15, -0.1) is 0 Å². The van der Waals surface area contributed by atoms with Crippen LogP contribution < -0.4 is 4.74 Å². The fourth-order valence-corrected chi connectivity index (χ4v) is 4.67. The van der Waals surface area contributed by atoms with E-state index in [-0.39, 0.29) is 29.7 Å². The summed E-state index contributed by atoms with van der Waals surface area (Å²) in [6.45, 7) is 4.97. The number of halogens is 1. The largest absolute Gasteiger partial charge is 0.490 e. The molecule has 8 nitrogen and oxygen atoms in total. The fraction of sp³-hybridized carbons (Fsp3) is 0.560. The van der Waals surface area contributed by atoms with Gasteiger partial charge in [0.1, 0.15) is 17.7 Å². The molecule has 2 saturated heterocycles. The van der Waals surface area contributed by atoms with E-state index in [1.807, 2.05) is 26.7 Å². The number of aromatic nitrogens is 2. The fourth-order valence-electron chi connectivity index (χ4n) is 4.67. The van der Waals surface area contributed by atoms with Crippen LogP contribution in [0, 0.1) is 11.7 Å². The minimum absolute atomic E-state index is 0.101. The van der Waals surface area contributed by atoms with Crippen LogP contribution >= 0.6 is 0 Å². The lowest BCUT2D eigenvalue weighted by Crippen LogP contribution is -2.51. The van der Waals surface area contributed by atoms with Crippen molar-refractivity contribution in [2.45, 2.75) is 38.3 Å². The van der Waals surface area contributed by atoms with Gasteiger partial charge in [-0.25, -0.2) is 4.39 Å². The highest BCUT2D eigenvalue weighted by molar-refractivity contribution is 5.78. The van der Waals surface area contributed by atoms with Gasteiger partial charge in [0.05, 0.1) is 0 Å². The second-order valence-corrected chi connectivity index (χ2v) is 9.26. The van der Waals surface area contributed by atoms with Gasteiger partial charge in [-0.05, 0) is 43.8 Å². The van der Waals surface area contributed by atoms with Crippen molar-refractivity contribution >= 4 is 11.8 Å². The Balaban J connectivity index is 1.37. The summed E-state index contributed by atoms with van der Waals surface area (Å²) in [5.74, 6) is 0.372. The first-order valence-corrected chi connectivity index (χ1v) is 12.1. The highest BCUT2D eigenvalue weighted by atomic mass is 19.1. The first-order valence-electron chi connectivity index (χ1n) is 12.1. The number of carbonyl (C=O) groups excluding carboxylic acids is 2. The summed E-state index contributed by atoms with van der Waals surface area (Å²) in [5, 5.41) is 4.18. The number of hydrogen-bond donors (Lipinski definition) is 0. The van der Waals surface area contributed by atoms with E-state index >= 15 is 0 Å². The van der Waals surface area contributed by atoms with E-state index in [1.54, 1.807) is 18.3 Å². The van der Waals surface area contributed by atoms with Gasteiger partial charge < -0.3 is 19.4 Å². The number of piperidine rings is 1. The molecule has 0 N–H and O–H groups in total. The van der Waals surface area contributed by atoms with Crippen molar-refractivity contribution in [1.29, 1.82) is 0 Å². The third-order valence-corrected chi connectivity index (χ3v) is 6.75. The highest BCUT2D eigenvalue weighted by Crippen LogP contribution is 2.27. The molecule has 2 amide bonds. The van der Waals surface area contributed by atoms with Gasteiger partial charge in [-0.1, -0.05) is 0 Å². The SMILES string of the molecule is CN1CCN(C(=O)C[C@H]2CN(C(=O)CCCn3cccn3)CC[C@@H]2Oc2ccc(F)cc2)CC1. The number of amides is 2. The Morgan fingerprint density at radius 2 is 1.82 bits per heavy atom. The van der Waals surface area contributed by atoms with Crippen molar-refractivity contribution in [1.82, 2.24) is 24.5 Å². The molecule has 1 aromatic heterocycles. The van der Waals surface area contributed by atoms with E-state index in [9.17, 15) is 14.0 Å². The summed E-state index contributed by atoms with van der Waals surface area (Å²) < 4.78 is 21.3. The molecule has 0 spiro atoms. The van der Waals surface area contributed by atoms with Crippen molar-refractivity contribution in [2.75, 3.05) is 46.3 Å². The number of likely N-dealkylation sites (N-methyl/N-ethyl adjacent to an activating group) is 1. The van der Waals surface area contributed by atoms with Crippen LogP contribution in [0.25, 0.3) is 0 Å². The van der Waals surface area contributed by atoms with Crippen molar-refractivity contribution in [2.24, 2.45) is 5.92 Å². The number of hydrogen-bond acceptors (Lipinski definition) is 5. The van der Waals surface area contributed by atoms with Crippen LogP contribution in [0.3, 0.4) is 0 Å². The Bertz CT molecular complexity index is 929. The Kier molecular flexibility index (Phi) is 8.16. The normalized spacial score (nSPS) is 21.5. The Morgan fingerprint density at radius 3 is 2.53 bits per heavy atom. The number of benzene rings is 1. The molecule has 184 valence electrons. The summed E-state index contributed by atoms with van der Waals surface area (Å²) >= 11 is 0. The van der Waals surface area contributed by atoms with E-state index in [2.05, 4.69) is 17.0 Å². The third-order valence-electron chi connectivity index (χ3n) is 6.75. The average molecular weight is 472 g/mol. The first kappa shape index (κ1) is 24.2. The number of nitrogens with zero attached hydrogens (tertiary/aromatic N) is 5. The molecule has 2 aliphatic rings. The van der Waals surface area contributed by atoms with E-state index in [0.29, 0.717) is 44.6 Å². The van der Waals surface area contributed by atoms with Crippen molar-refractivity contribution in [3.8, 4) is 5.75 Å². The molecule has 3 heterocycles. The highest BCUT2D eigenvalue weighted by Gasteiger charge is 2.35. The van der Waals surface area contributed by atoms with Gasteiger partial charge in [-0.2, -0.15) is 5.10 Å². The van der Waals surface area contributed by atoms with Crippen LogP contribution in [0.15, 0.2) is 42.7 Å². The van der Waals surface area contributed by atoms with Crippen LogP contribution in [0.1, 0.15) is 25.7 Å².